The van der Waals surface area contributed by atoms with Crippen molar-refractivity contribution in [1.82, 2.24) is 59.9 Å². The number of carbonyl (C=O) groups is 5. The largest absolute Gasteiger partial charge is 0.453 e. The van der Waals surface area contributed by atoms with Gasteiger partial charge in [0.25, 0.3) is 11.4 Å². The molecular weight excluding hydrogens is 1950 g/mol. The molecule has 0 atom stereocenters. The molecule has 2 aliphatic carbocycles. The molecule has 0 unspecified atom stereocenters. The number of nitro groups is 2. The first-order chi connectivity index (χ1) is 69.4. The number of nitrogens with one attached hydrogen (secondary N) is 1. The standard InChI is InChI=1S/C29H26FN3O4S.C23H17FN4O5S.C23H19FN4O3S.C19H11ClFN3O3S.C4H7NO2.C3H7N/c30-22-13-19(12-21(34)11-18-1-2-18)4-6-25(22)37-26-7-8-31-24-14-27(38-29(24)26)23-5-3-20(15-32-23)16-33-9-10-36-17-28(33)35;24-16-9-15(28(30)31)2-4-19(16)33-20-5-6-25-18-10-21(34-23(18)20)17-3-1-14(11-26-17)12-27-7-8-32-13-22(27)29;24-16-9-15(25)2-4-19(16)31-20-5-6-26-18-10-21(32-23(18)20)17-3-1-14(11-27-17)12-28-7-8-30-13-22(28)29;20-9-11-1-3-14(23-10-11)18-8-15-19(28-18)17(5-6-22-15)27-16-4-2-12(24(25)26)7-13(16)21;6-4-3-7-2-1-5-4;4-3-1-2-3/h3-8,13-15,18H,1-2,9-12,16-17H2;1-6,9-11H,7-8,12-13H2;1-6,9-11H,7-8,12-13,25H2;1-8,10H,9H2;1-3H2,(H,5,6);3H,1-2,4H2. The number of morpholine rings is 4. The second-order valence-corrected chi connectivity index (χ2v) is 37.7. The van der Waals surface area contributed by atoms with Crippen LogP contribution < -0.4 is 35.7 Å². The van der Waals surface area contributed by atoms with Gasteiger partial charge in [0, 0.05) is 168 Å². The fraction of sp³-hybridized carbons (Fsp3) is 0.238. The number of pyridine rings is 8. The van der Waals surface area contributed by atoms with E-state index >= 15 is 0 Å². The predicted molar refractivity (Wildman–Crippen MR) is 530 cm³/mol. The molecule has 4 amide bonds. The van der Waals surface area contributed by atoms with Gasteiger partial charge in [-0.25, -0.2) is 17.6 Å². The Hall–Kier alpha value is -14.9. The first kappa shape index (κ1) is 99.6. The third-order valence-electron chi connectivity index (χ3n) is 22.5. The highest BCUT2D eigenvalue weighted by molar-refractivity contribution is 7.23. The SMILES string of the molecule is NC1CC1.Nc1ccc(Oc2ccnc3cc(-c4ccc(CN5CCOCC5=O)cn4)sc23)c(F)c1.O=C(Cc1ccc(Oc2ccnc3cc(-c4ccc(CN5CCOCC5=O)cn4)sc23)c(F)c1)CC1CC1.O=C1COCCN1.O=C1COCCN1Cc1ccc(-c2cc3nccc(Oc4ccc([N+](=O)[O-])cc4F)c3s2)nc1.O=[N+]([O-])c1ccc(Oc2ccnc3cc(-c4ccc(CCl)cn4)sc23)c(F)c1. The van der Waals surface area contributed by atoms with Gasteiger partial charge < -0.3 is 69.4 Å². The Morgan fingerprint density at radius 3 is 1.04 bits per heavy atom. The topological polar surface area (TPSA) is 422 Å². The van der Waals surface area contributed by atoms with Crippen molar-refractivity contribution in [2.24, 2.45) is 11.7 Å². The van der Waals surface area contributed by atoms with E-state index in [0.717, 1.165) is 115 Å². The summed E-state index contributed by atoms with van der Waals surface area (Å²) in [6, 6.07) is 45.7. The van der Waals surface area contributed by atoms with Gasteiger partial charge in [-0.05, 0) is 144 Å². The first-order valence-electron chi connectivity index (χ1n) is 44.9. The molecule has 16 aromatic rings. The summed E-state index contributed by atoms with van der Waals surface area (Å²) in [4.78, 5) is 123. The van der Waals surface area contributed by atoms with Crippen molar-refractivity contribution in [3.63, 3.8) is 0 Å². The number of fused-ring (bicyclic) bond motifs is 4. The van der Waals surface area contributed by atoms with E-state index in [1.807, 2.05) is 72.8 Å². The molecule has 12 aromatic heterocycles. The number of anilines is 1. The summed E-state index contributed by atoms with van der Waals surface area (Å²) >= 11 is 11.5. The minimum atomic E-state index is -0.827. The maximum atomic E-state index is 14.9. The van der Waals surface area contributed by atoms with Crippen molar-refractivity contribution in [1.29, 1.82) is 0 Å². The molecule has 42 heteroatoms. The van der Waals surface area contributed by atoms with Gasteiger partial charge >= 0.3 is 0 Å². The van der Waals surface area contributed by atoms with Gasteiger partial charge in [-0.15, -0.1) is 56.9 Å². The van der Waals surface area contributed by atoms with E-state index in [1.54, 1.807) is 107 Å². The van der Waals surface area contributed by atoms with Crippen molar-refractivity contribution in [2.75, 3.05) is 84.8 Å². The number of nitrogen functional groups attached to an aromatic ring is 1. The molecular formula is C101H87ClF4N16O17S4. The number of ketones is 1. The van der Waals surface area contributed by atoms with Crippen molar-refractivity contribution in [3.05, 3.63) is 291 Å². The van der Waals surface area contributed by atoms with Gasteiger partial charge in [0.05, 0.1) is 132 Å². The number of nitro benzene ring substituents is 2. The van der Waals surface area contributed by atoms with E-state index in [9.17, 15) is 61.8 Å². The van der Waals surface area contributed by atoms with Crippen LogP contribution in [0.25, 0.3) is 83.2 Å². The van der Waals surface area contributed by atoms with E-state index in [2.05, 4.69) is 45.2 Å². The van der Waals surface area contributed by atoms with Crippen molar-refractivity contribution >= 4 is 144 Å². The zero-order valence-electron chi connectivity index (χ0n) is 75.9. The van der Waals surface area contributed by atoms with Gasteiger partial charge in [0.2, 0.25) is 23.6 Å². The summed E-state index contributed by atoms with van der Waals surface area (Å²) in [5.74, 6) is 0.117. The fourth-order valence-corrected chi connectivity index (χ4v) is 19.0. The average molecular weight is 2040 g/mol. The number of thiophene rings is 4. The van der Waals surface area contributed by atoms with Crippen LogP contribution in [0.15, 0.2) is 219 Å². The molecule has 0 radical (unpaired) electrons. The van der Waals surface area contributed by atoms with Crippen LogP contribution in [0.1, 0.15) is 59.9 Å². The van der Waals surface area contributed by atoms with Crippen LogP contribution >= 0.6 is 56.9 Å². The van der Waals surface area contributed by atoms with Gasteiger partial charge in [-0.2, -0.15) is 0 Å². The molecule has 4 saturated heterocycles. The molecule has 22 rings (SSSR count). The Balaban J connectivity index is 0.000000127. The summed E-state index contributed by atoms with van der Waals surface area (Å²) in [5, 5.41) is 24.2. The van der Waals surface area contributed by atoms with E-state index < -0.39 is 33.1 Å². The molecule has 2 saturated carbocycles. The molecule has 4 aromatic carbocycles. The molecule has 143 heavy (non-hydrogen) atoms. The number of Topliss-reactive ketones (excluding diaryl/α,β-unsaturated/α-hetero) is 1. The van der Waals surface area contributed by atoms with Crippen molar-refractivity contribution in [2.45, 2.75) is 70.1 Å². The summed E-state index contributed by atoms with van der Waals surface area (Å²) in [6.07, 6.45) is 19.0. The highest BCUT2D eigenvalue weighted by Gasteiger charge is 2.28. The Morgan fingerprint density at radius 2 is 0.755 bits per heavy atom. The molecule has 33 nitrogen and oxygen atoms in total. The lowest BCUT2D eigenvalue weighted by Crippen LogP contribution is -2.40. The van der Waals surface area contributed by atoms with E-state index in [0.29, 0.717) is 146 Å². The predicted octanol–water partition coefficient (Wildman–Crippen LogP) is 19.5. The average Bonchev–Trinajstić information content (AvgIpc) is 1.68. The van der Waals surface area contributed by atoms with Crippen LogP contribution in [-0.2, 0) is 74.9 Å². The third-order valence-corrected chi connectivity index (χ3v) is 27.4. The highest BCUT2D eigenvalue weighted by atomic mass is 35.5. The van der Waals surface area contributed by atoms with Gasteiger partial charge in [-0.1, -0.05) is 30.3 Å². The molecule has 5 N–H and O–H groups in total. The van der Waals surface area contributed by atoms with Gasteiger partial charge in [-0.3, -0.25) is 84.1 Å². The number of alkyl halides is 1. The number of non-ortho nitro benzene ring substituents is 2. The Morgan fingerprint density at radius 1 is 0.420 bits per heavy atom. The third kappa shape index (κ3) is 26.5. The zero-order chi connectivity index (χ0) is 99.6. The van der Waals surface area contributed by atoms with Crippen LogP contribution in [0.2, 0.25) is 0 Å². The molecule has 16 heterocycles. The molecule has 732 valence electrons. The van der Waals surface area contributed by atoms with E-state index in [1.165, 1.54) is 101 Å². The maximum Gasteiger partial charge on any atom is 0.272 e. The van der Waals surface area contributed by atoms with Crippen LogP contribution in [0, 0.1) is 49.4 Å². The summed E-state index contributed by atoms with van der Waals surface area (Å²) < 4.78 is 104. The number of rotatable bonds is 25. The van der Waals surface area contributed by atoms with Crippen LogP contribution in [0.3, 0.4) is 0 Å². The van der Waals surface area contributed by atoms with Gasteiger partial charge in [0.1, 0.15) is 55.2 Å². The maximum absolute atomic E-state index is 14.9. The van der Waals surface area contributed by atoms with Crippen molar-refractivity contribution in [3.8, 4) is 88.3 Å². The van der Waals surface area contributed by atoms with Gasteiger partial charge in [0.15, 0.2) is 46.3 Å². The Kier molecular flexibility index (Phi) is 32.5. The number of aromatic nitrogens is 8. The Labute approximate surface area is 833 Å². The monoisotopic (exact) mass is 2030 g/mol. The van der Waals surface area contributed by atoms with E-state index in [4.69, 9.17) is 61.0 Å². The quantitative estimate of drug-likeness (QED) is 0.0157. The highest BCUT2D eigenvalue weighted by Crippen LogP contribution is 2.46. The lowest BCUT2D eigenvalue weighted by Gasteiger charge is -2.26. The number of nitrogens with zero attached hydrogens (tertiary/aromatic N) is 13. The number of carbonyl (C=O) groups excluding carboxylic acids is 5. The van der Waals surface area contributed by atoms with E-state index in [-0.39, 0.29) is 96.6 Å². The Bertz CT molecular complexity index is 7350. The number of ether oxygens (including phenoxy) is 8. The van der Waals surface area contributed by atoms with Crippen molar-refractivity contribution < 1.29 is 89.3 Å². The molecule has 0 spiro atoms. The number of benzene rings is 4. The number of nitrogens with two attached hydrogens (primary N) is 2. The lowest BCUT2D eigenvalue weighted by molar-refractivity contribution is -0.385. The number of hydrogen-bond acceptors (Lipinski definition) is 31. The summed E-state index contributed by atoms with van der Waals surface area (Å²) in [5.41, 5.74) is 20.7. The first-order valence-corrected chi connectivity index (χ1v) is 48.7. The minimum absolute atomic E-state index is 0.00810. The normalized spacial score (nSPS) is 14.6. The molecule has 6 aliphatic rings. The second kappa shape index (κ2) is 46.7. The number of halogens is 5. The zero-order valence-corrected chi connectivity index (χ0v) is 79.9. The smallest absolute Gasteiger partial charge is 0.272 e. The molecule has 4 aliphatic heterocycles. The number of hydrogen-bond donors (Lipinski definition) is 3. The van der Waals surface area contributed by atoms with Crippen LogP contribution in [0.5, 0.6) is 46.0 Å². The summed E-state index contributed by atoms with van der Waals surface area (Å²) in [7, 11) is 0. The van der Waals surface area contributed by atoms with Crippen LogP contribution in [0.4, 0.5) is 34.6 Å². The second-order valence-electron chi connectivity index (χ2n) is 33.2. The lowest BCUT2D eigenvalue weighted by atomic mass is 10.0. The molecule has 6 fully saturated rings. The van der Waals surface area contributed by atoms with Crippen LogP contribution in [-0.4, -0.2) is 179 Å². The molecule has 0 bridgehead atoms. The minimum Gasteiger partial charge on any atom is -0.453 e. The number of amides is 4. The fourth-order valence-electron chi connectivity index (χ4n) is 14.6. The summed E-state index contributed by atoms with van der Waals surface area (Å²) in [6.45, 7) is 6.75.